The van der Waals surface area contributed by atoms with Crippen LogP contribution in [0.15, 0.2) is 29.3 Å². The van der Waals surface area contributed by atoms with Gasteiger partial charge in [-0.25, -0.2) is 4.39 Å². The van der Waals surface area contributed by atoms with Crippen LogP contribution in [-0.2, 0) is 6.54 Å². The average molecular weight is 544 g/mol. The molecule has 0 atom stereocenters. The average Bonchev–Trinajstić information content (AvgIpc) is 3.61. The first kappa shape index (κ1) is 24.7. The highest BCUT2D eigenvalue weighted by atomic mass is 127. The molecule has 2 aliphatic heterocycles. The molecule has 2 saturated heterocycles. The van der Waals surface area contributed by atoms with Gasteiger partial charge in [0.05, 0.1) is 0 Å². The molecule has 1 saturated carbocycles. The highest BCUT2D eigenvalue weighted by Gasteiger charge is 2.32. The highest BCUT2D eigenvalue weighted by molar-refractivity contribution is 14.0. The Hall–Kier alpha value is -0.930. The fourth-order valence-electron chi connectivity index (χ4n) is 4.78. The lowest BCUT2D eigenvalue weighted by Crippen LogP contribution is -2.49. The van der Waals surface area contributed by atoms with Crippen LogP contribution in [0.4, 0.5) is 4.39 Å². The number of halogens is 2. The Labute approximate surface area is 204 Å². The van der Waals surface area contributed by atoms with Crippen LogP contribution in [0.3, 0.4) is 0 Å². The number of hydrogen-bond acceptors (Lipinski definition) is 3. The van der Waals surface area contributed by atoms with Gasteiger partial charge in [0.25, 0.3) is 0 Å². The van der Waals surface area contributed by atoms with Gasteiger partial charge in [-0.15, -0.1) is 24.0 Å². The predicted octanol–water partition coefficient (Wildman–Crippen LogP) is 3.84. The summed E-state index contributed by atoms with van der Waals surface area (Å²) in [6.45, 7) is 9.12. The van der Waals surface area contributed by atoms with Crippen LogP contribution in [-0.4, -0.2) is 67.1 Å². The summed E-state index contributed by atoms with van der Waals surface area (Å²) in [5.41, 5.74) is 0.806. The van der Waals surface area contributed by atoms with Crippen LogP contribution in [0.1, 0.15) is 51.0 Å². The third-order valence-electron chi connectivity index (χ3n) is 6.84. The quantitative estimate of drug-likeness (QED) is 0.312. The minimum atomic E-state index is -0.0893. The van der Waals surface area contributed by atoms with E-state index in [4.69, 9.17) is 4.99 Å². The second kappa shape index (κ2) is 12.3. The summed E-state index contributed by atoms with van der Waals surface area (Å²) in [6.07, 6.45) is 7.52. The van der Waals surface area contributed by atoms with Gasteiger partial charge in [0, 0.05) is 50.4 Å². The van der Waals surface area contributed by atoms with Gasteiger partial charge in [-0.1, -0.05) is 18.2 Å². The van der Waals surface area contributed by atoms with Crippen LogP contribution >= 0.6 is 24.0 Å². The molecule has 1 aromatic rings. The molecule has 0 spiro atoms. The third kappa shape index (κ3) is 7.56. The molecule has 0 unspecified atom stereocenters. The topological polar surface area (TPSA) is 42.9 Å². The maximum absolute atomic E-state index is 13.9. The Kier molecular flexibility index (Phi) is 9.84. The van der Waals surface area contributed by atoms with Crippen molar-refractivity contribution in [2.24, 2.45) is 10.9 Å². The van der Waals surface area contributed by atoms with Crippen molar-refractivity contribution in [3.63, 3.8) is 0 Å². The molecule has 0 amide bonds. The van der Waals surface area contributed by atoms with Crippen molar-refractivity contribution in [2.75, 3.05) is 39.3 Å². The van der Waals surface area contributed by atoms with Crippen LogP contribution in [0.5, 0.6) is 0 Å². The maximum atomic E-state index is 13.9. The van der Waals surface area contributed by atoms with Gasteiger partial charge in [-0.3, -0.25) is 9.89 Å². The number of piperidine rings is 2. The van der Waals surface area contributed by atoms with Crippen molar-refractivity contribution in [1.82, 2.24) is 20.4 Å². The normalized spacial score (nSPS) is 22.2. The van der Waals surface area contributed by atoms with Crippen molar-refractivity contribution in [2.45, 2.75) is 64.1 Å². The summed E-state index contributed by atoms with van der Waals surface area (Å²) in [4.78, 5) is 9.96. The lowest BCUT2D eigenvalue weighted by molar-refractivity contribution is 0.178. The SMILES string of the molecule is CCNC(=NCC1CCN(Cc2ccccc2F)CC1)NC1CCN(C2CC2)CC1.I. The summed E-state index contributed by atoms with van der Waals surface area (Å²) < 4.78 is 13.9. The molecule has 5 nitrogen and oxygen atoms in total. The Bertz CT molecular complexity index is 695. The number of nitrogens with zero attached hydrogens (tertiary/aromatic N) is 3. The number of guanidine groups is 1. The van der Waals surface area contributed by atoms with Gasteiger partial charge < -0.3 is 15.5 Å². The maximum Gasteiger partial charge on any atom is 0.191 e. The second-order valence-corrected chi connectivity index (χ2v) is 9.22. The van der Waals surface area contributed by atoms with Gasteiger partial charge in [0.2, 0.25) is 0 Å². The van der Waals surface area contributed by atoms with E-state index in [9.17, 15) is 4.39 Å². The summed E-state index contributed by atoms with van der Waals surface area (Å²) >= 11 is 0. The number of rotatable bonds is 7. The molecule has 7 heteroatoms. The molecule has 0 bridgehead atoms. The van der Waals surface area contributed by atoms with Crippen molar-refractivity contribution in [3.8, 4) is 0 Å². The Morgan fingerprint density at radius 1 is 1.03 bits per heavy atom. The third-order valence-corrected chi connectivity index (χ3v) is 6.84. The van der Waals surface area contributed by atoms with E-state index in [0.717, 1.165) is 56.6 Å². The molecule has 0 radical (unpaired) electrons. The van der Waals surface area contributed by atoms with E-state index in [1.54, 1.807) is 12.1 Å². The molecule has 1 aromatic carbocycles. The zero-order chi connectivity index (χ0) is 20.8. The Balaban J connectivity index is 0.00000272. The first-order chi connectivity index (χ1) is 14.7. The van der Waals surface area contributed by atoms with Crippen LogP contribution in [0.25, 0.3) is 0 Å². The number of aliphatic imine (C=N–C) groups is 1. The molecule has 31 heavy (non-hydrogen) atoms. The van der Waals surface area contributed by atoms with Gasteiger partial charge in [0.1, 0.15) is 5.82 Å². The van der Waals surface area contributed by atoms with Crippen molar-refractivity contribution < 1.29 is 4.39 Å². The zero-order valence-corrected chi connectivity index (χ0v) is 21.2. The molecule has 174 valence electrons. The van der Waals surface area contributed by atoms with Gasteiger partial charge in [0.15, 0.2) is 5.96 Å². The van der Waals surface area contributed by atoms with E-state index < -0.39 is 0 Å². The Morgan fingerprint density at radius 3 is 2.39 bits per heavy atom. The first-order valence-corrected chi connectivity index (χ1v) is 12.0. The number of nitrogens with one attached hydrogen (secondary N) is 2. The van der Waals surface area contributed by atoms with Gasteiger partial charge in [-0.05, 0) is 70.5 Å². The second-order valence-electron chi connectivity index (χ2n) is 9.22. The van der Waals surface area contributed by atoms with Gasteiger partial charge in [-0.2, -0.15) is 0 Å². The minimum absolute atomic E-state index is 0. The molecule has 3 fully saturated rings. The van der Waals surface area contributed by atoms with E-state index in [1.165, 1.54) is 38.8 Å². The smallest absolute Gasteiger partial charge is 0.191 e. The van der Waals surface area contributed by atoms with Crippen LogP contribution in [0.2, 0.25) is 0 Å². The minimum Gasteiger partial charge on any atom is -0.357 e. The fraction of sp³-hybridized carbons (Fsp3) is 0.708. The largest absolute Gasteiger partial charge is 0.357 e. The van der Waals surface area contributed by atoms with Crippen molar-refractivity contribution >= 4 is 29.9 Å². The molecular weight excluding hydrogens is 504 g/mol. The summed E-state index contributed by atoms with van der Waals surface area (Å²) in [6, 6.07) is 8.56. The highest BCUT2D eigenvalue weighted by Crippen LogP contribution is 2.29. The molecule has 0 aromatic heterocycles. The van der Waals surface area contributed by atoms with E-state index in [0.29, 0.717) is 18.5 Å². The lowest BCUT2D eigenvalue weighted by atomic mass is 9.96. The van der Waals surface area contributed by atoms with Gasteiger partial charge >= 0.3 is 0 Å². The summed E-state index contributed by atoms with van der Waals surface area (Å²) in [5.74, 6) is 1.51. The Morgan fingerprint density at radius 2 is 1.74 bits per heavy atom. The van der Waals surface area contributed by atoms with E-state index in [1.807, 2.05) is 12.1 Å². The fourth-order valence-corrected chi connectivity index (χ4v) is 4.78. The molecule has 4 rings (SSSR count). The summed E-state index contributed by atoms with van der Waals surface area (Å²) in [5, 5.41) is 7.12. The summed E-state index contributed by atoms with van der Waals surface area (Å²) in [7, 11) is 0. The van der Waals surface area contributed by atoms with E-state index in [-0.39, 0.29) is 29.8 Å². The lowest BCUT2D eigenvalue weighted by Gasteiger charge is -2.33. The first-order valence-electron chi connectivity index (χ1n) is 12.0. The zero-order valence-electron chi connectivity index (χ0n) is 18.9. The standard InChI is InChI=1S/C24H38FN5.HI/c1-2-26-24(28-21-11-15-30(16-12-21)22-7-8-22)27-17-19-9-13-29(14-10-19)18-20-5-3-4-6-23(20)25;/h3-6,19,21-22H,2,7-18H2,1H3,(H2,26,27,28);1H. The van der Waals surface area contributed by atoms with Crippen molar-refractivity contribution in [1.29, 1.82) is 0 Å². The number of hydrogen-bond donors (Lipinski definition) is 2. The molecule has 1 aliphatic carbocycles. The monoisotopic (exact) mass is 543 g/mol. The molecule has 2 heterocycles. The molecule has 3 aliphatic rings. The van der Waals surface area contributed by atoms with E-state index >= 15 is 0 Å². The molecular formula is C24H39FIN5. The molecule has 2 N–H and O–H groups in total. The predicted molar refractivity (Wildman–Crippen MR) is 137 cm³/mol. The number of likely N-dealkylation sites (tertiary alicyclic amines) is 2. The van der Waals surface area contributed by atoms with E-state index in [2.05, 4.69) is 27.4 Å². The van der Waals surface area contributed by atoms with Crippen molar-refractivity contribution in [3.05, 3.63) is 35.6 Å². The van der Waals surface area contributed by atoms with Crippen LogP contribution < -0.4 is 10.6 Å². The van der Waals surface area contributed by atoms with Crippen LogP contribution in [0, 0.1) is 11.7 Å². The number of benzene rings is 1.